The molecule has 24 heavy (non-hydrogen) atoms. The first kappa shape index (κ1) is 16.1. The molecule has 2 saturated heterocycles. The van der Waals surface area contributed by atoms with Crippen molar-refractivity contribution in [3.8, 4) is 0 Å². The van der Waals surface area contributed by atoms with Gasteiger partial charge in [0.1, 0.15) is 17.0 Å². The first-order valence-electron chi connectivity index (χ1n) is 8.59. The molecular formula is C17H24N4O2S. The van der Waals surface area contributed by atoms with Crippen molar-refractivity contribution in [1.29, 1.82) is 0 Å². The average molecular weight is 348 g/mol. The Bertz CT molecular complexity index is 659. The first-order chi connectivity index (χ1) is 11.7. The van der Waals surface area contributed by atoms with Gasteiger partial charge in [-0.25, -0.2) is 0 Å². The standard InChI is InChI=1S/C17H24N4O2S/c1-14-3-4-15(23-14)9-20-6-2-5-17(10-20)11-21(7-8-22-12-17)16-19-18-13-24-16/h3-4,13H,2,5-12H2,1H3/t17-/m1/s1. The van der Waals surface area contributed by atoms with Crippen molar-refractivity contribution in [1.82, 2.24) is 15.1 Å². The average Bonchev–Trinajstić information content (AvgIpc) is 3.19. The van der Waals surface area contributed by atoms with Crippen LogP contribution in [0.2, 0.25) is 0 Å². The Labute approximate surface area is 146 Å². The number of nitrogens with zero attached hydrogens (tertiary/aromatic N) is 4. The molecule has 1 atom stereocenters. The molecule has 4 heterocycles. The van der Waals surface area contributed by atoms with Crippen molar-refractivity contribution in [2.24, 2.45) is 5.41 Å². The van der Waals surface area contributed by atoms with Gasteiger partial charge in [0.2, 0.25) is 5.13 Å². The van der Waals surface area contributed by atoms with Crippen LogP contribution in [0.4, 0.5) is 5.13 Å². The van der Waals surface area contributed by atoms with E-state index in [1.165, 1.54) is 12.8 Å². The minimum atomic E-state index is 0.169. The maximum Gasteiger partial charge on any atom is 0.208 e. The second-order valence-corrected chi connectivity index (χ2v) is 7.83. The maximum atomic E-state index is 5.98. The largest absolute Gasteiger partial charge is 0.465 e. The Balaban J connectivity index is 1.47. The molecule has 0 amide bonds. The molecule has 1 spiro atoms. The number of ether oxygens (including phenoxy) is 1. The van der Waals surface area contributed by atoms with Crippen LogP contribution in [0.5, 0.6) is 0 Å². The molecule has 0 aliphatic carbocycles. The molecule has 0 N–H and O–H groups in total. The molecule has 0 bridgehead atoms. The molecule has 2 aromatic rings. The smallest absolute Gasteiger partial charge is 0.208 e. The van der Waals surface area contributed by atoms with Crippen LogP contribution >= 0.6 is 11.3 Å². The third-order valence-corrected chi connectivity index (χ3v) is 5.73. The molecule has 6 nitrogen and oxygen atoms in total. The summed E-state index contributed by atoms with van der Waals surface area (Å²) in [5.74, 6) is 2.04. The van der Waals surface area contributed by atoms with Crippen LogP contribution in [0.15, 0.2) is 22.1 Å². The van der Waals surface area contributed by atoms with E-state index in [0.717, 1.165) is 62.6 Å². The van der Waals surface area contributed by atoms with Crippen LogP contribution in [-0.2, 0) is 11.3 Å². The fourth-order valence-corrected chi connectivity index (χ4v) is 4.53. The predicted octanol–water partition coefficient (Wildman–Crippen LogP) is 2.56. The summed E-state index contributed by atoms with van der Waals surface area (Å²) in [6.07, 6.45) is 2.41. The Morgan fingerprint density at radius 3 is 3.04 bits per heavy atom. The van der Waals surface area contributed by atoms with E-state index in [-0.39, 0.29) is 5.41 Å². The zero-order valence-electron chi connectivity index (χ0n) is 14.1. The van der Waals surface area contributed by atoms with Gasteiger partial charge in [-0.05, 0) is 38.4 Å². The summed E-state index contributed by atoms with van der Waals surface area (Å²) in [4.78, 5) is 4.86. The molecule has 0 radical (unpaired) electrons. The number of aryl methyl sites for hydroxylation is 1. The highest BCUT2D eigenvalue weighted by Crippen LogP contribution is 2.35. The SMILES string of the molecule is Cc1ccc(CN2CCC[C@@]3(COCCN(c4nncs4)C3)C2)o1. The molecular weight excluding hydrogens is 324 g/mol. The van der Waals surface area contributed by atoms with Crippen LogP contribution in [-0.4, -0.2) is 54.5 Å². The normalized spacial score (nSPS) is 26.0. The summed E-state index contributed by atoms with van der Waals surface area (Å²) in [5, 5.41) is 9.27. The molecule has 2 aliphatic heterocycles. The van der Waals surface area contributed by atoms with Crippen molar-refractivity contribution in [2.75, 3.05) is 44.3 Å². The summed E-state index contributed by atoms with van der Waals surface area (Å²) < 4.78 is 11.8. The van der Waals surface area contributed by atoms with E-state index in [4.69, 9.17) is 9.15 Å². The lowest BCUT2D eigenvalue weighted by molar-refractivity contribution is 0.00874. The van der Waals surface area contributed by atoms with Crippen LogP contribution < -0.4 is 4.90 Å². The summed E-state index contributed by atoms with van der Waals surface area (Å²) in [6, 6.07) is 4.13. The van der Waals surface area contributed by atoms with Crippen molar-refractivity contribution >= 4 is 16.5 Å². The lowest BCUT2D eigenvalue weighted by atomic mass is 9.80. The summed E-state index contributed by atoms with van der Waals surface area (Å²) in [5.41, 5.74) is 1.97. The number of likely N-dealkylation sites (tertiary alicyclic amines) is 1. The number of anilines is 1. The molecule has 2 aliphatic rings. The molecule has 130 valence electrons. The molecule has 0 unspecified atom stereocenters. The van der Waals surface area contributed by atoms with Crippen LogP contribution in [0.3, 0.4) is 0 Å². The monoisotopic (exact) mass is 348 g/mol. The Morgan fingerprint density at radius 1 is 1.29 bits per heavy atom. The first-order valence-corrected chi connectivity index (χ1v) is 9.47. The van der Waals surface area contributed by atoms with Crippen molar-refractivity contribution in [3.05, 3.63) is 29.2 Å². The van der Waals surface area contributed by atoms with E-state index in [9.17, 15) is 0 Å². The van der Waals surface area contributed by atoms with E-state index in [0.29, 0.717) is 0 Å². The highest BCUT2D eigenvalue weighted by molar-refractivity contribution is 7.13. The van der Waals surface area contributed by atoms with E-state index in [1.54, 1.807) is 16.8 Å². The third-order valence-electron chi connectivity index (χ3n) is 4.98. The van der Waals surface area contributed by atoms with Crippen LogP contribution in [0.1, 0.15) is 24.4 Å². The van der Waals surface area contributed by atoms with E-state index < -0.39 is 0 Å². The summed E-state index contributed by atoms with van der Waals surface area (Å²) in [7, 11) is 0. The lowest BCUT2D eigenvalue weighted by Gasteiger charge is -2.43. The van der Waals surface area contributed by atoms with Gasteiger partial charge in [0, 0.05) is 25.0 Å². The Kier molecular flexibility index (Phi) is 4.56. The lowest BCUT2D eigenvalue weighted by Crippen LogP contribution is -2.50. The van der Waals surface area contributed by atoms with E-state index in [1.807, 2.05) is 13.0 Å². The highest BCUT2D eigenvalue weighted by Gasteiger charge is 2.39. The number of furan rings is 1. The number of hydrogen-bond acceptors (Lipinski definition) is 7. The summed E-state index contributed by atoms with van der Waals surface area (Å²) in [6.45, 7) is 8.54. The second-order valence-electron chi connectivity index (χ2n) is 7.02. The van der Waals surface area contributed by atoms with Crippen molar-refractivity contribution in [2.45, 2.75) is 26.3 Å². The molecule has 7 heteroatoms. The quantitative estimate of drug-likeness (QED) is 0.850. The van der Waals surface area contributed by atoms with Crippen molar-refractivity contribution in [3.63, 3.8) is 0 Å². The minimum Gasteiger partial charge on any atom is -0.465 e. The van der Waals surface area contributed by atoms with Gasteiger partial charge in [-0.3, -0.25) is 4.90 Å². The number of aromatic nitrogens is 2. The van der Waals surface area contributed by atoms with Crippen molar-refractivity contribution < 1.29 is 9.15 Å². The van der Waals surface area contributed by atoms with Gasteiger partial charge in [-0.15, -0.1) is 10.2 Å². The molecule has 0 saturated carbocycles. The van der Waals surface area contributed by atoms with E-state index >= 15 is 0 Å². The van der Waals surface area contributed by atoms with E-state index in [2.05, 4.69) is 26.1 Å². The molecule has 4 rings (SSSR count). The topological polar surface area (TPSA) is 54.6 Å². The minimum absolute atomic E-state index is 0.169. The Hall–Kier alpha value is -1.44. The predicted molar refractivity (Wildman–Crippen MR) is 93.3 cm³/mol. The highest BCUT2D eigenvalue weighted by atomic mass is 32.1. The van der Waals surface area contributed by atoms with Gasteiger partial charge < -0.3 is 14.1 Å². The third kappa shape index (κ3) is 3.48. The number of rotatable bonds is 3. The zero-order chi connectivity index (χ0) is 16.4. The second kappa shape index (κ2) is 6.82. The van der Waals surface area contributed by atoms with Gasteiger partial charge in [0.05, 0.1) is 19.8 Å². The molecule has 2 fully saturated rings. The van der Waals surface area contributed by atoms with Crippen LogP contribution in [0.25, 0.3) is 0 Å². The van der Waals surface area contributed by atoms with Gasteiger partial charge >= 0.3 is 0 Å². The zero-order valence-corrected chi connectivity index (χ0v) is 14.9. The molecule has 2 aromatic heterocycles. The van der Waals surface area contributed by atoms with Gasteiger partial charge in [-0.2, -0.15) is 0 Å². The van der Waals surface area contributed by atoms with Gasteiger partial charge in [0.15, 0.2) is 0 Å². The summed E-state index contributed by atoms with van der Waals surface area (Å²) >= 11 is 1.61. The van der Waals surface area contributed by atoms with Gasteiger partial charge in [-0.1, -0.05) is 11.3 Å². The maximum absolute atomic E-state index is 5.98. The fourth-order valence-electron chi connectivity index (χ4n) is 3.94. The number of piperidine rings is 1. The number of hydrogen-bond donors (Lipinski definition) is 0. The molecule has 0 aromatic carbocycles. The van der Waals surface area contributed by atoms with Gasteiger partial charge in [0.25, 0.3) is 0 Å². The fraction of sp³-hybridized carbons (Fsp3) is 0.647. The Morgan fingerprint density at radius 2 is 2.25 bits per heavy atom. The van der Waals surface area contributed by atoms with Crippen LogP contribution in [0, 0.1) is 12.3 Å².